The molecule has 0 atom stereocenters. The molecule has 14 heavy (non-hydrogen) atoms. The Balaban J connectivity index is 2.52. The Kier molecular flexibility index (Phi) is 2.04. The summed E-state index contributed by atoms with van der Waals surface area (Å²) in [5, 5.41) is 12.8. The second-order valence-electron chi connectivity index (χ2n) is 3.06. The van der Waals surface area contributed by atoms with E-state index < -0.39 is 0 Å². The second-order valence-corrected chi connectivity index (χ2v) is 3.06. The molecule has 0 amide bonds. The van der Waals surface area contributed by atoms with Crippen LogP contribution in [0.5, 0.6) is 0 Å². The van der Waals surface area contributed by atoms with Gasteiger partial charge < -0.3 is 0 Å². The molecule has 0 aliphatic heterocycles. The van der Waals surface area contributed by atoms with Crippen molar-refractivity contribution in [3.63, 3.8) is 0 Å². The summed E-state index contributed by atoms with van der Waals surface area (Å²) < 4.78 is 1.79. The minimum Gasteiger partial charge on any atom is -0.241 e. The van der Waals surface area contributed by atoms with Crippen LogP contribution < -0.4 is 0 Å². The Labute approximate surface area is 82.2 Å². The summed E-state index contributed by atoms with van der Waals surface area (Å²) >= 11 is 0. The molecule has 3 nitrogen and oxygen atoms in total. The van der Waals surface area contributed by atoms with Crippen molar-refractivity contribution >= 4 is 0 Å². The Morgan fingerprint density at radius 3 is 2.86 bits per heavy atom. The van der Waals surface area contributed by atoms with Gasteiger partial charge in [-0.15, -0.1) is 0 Å². The maximum Gasteiger partial charge on any atom is 0.0991 e. The number of aryl methyl sites for hydroxylation is 1. The maximum atomic E-state index is 8.71. The molecule has 0 saturated carbocycles. The lowest BCUT2D eigenvalue weighted by Gasteiger charge is -2.05. The summed E-state index contributed by atoms with van der Waals surface area (Å²) in [6.45, 7) is 1.97. The highest BCUT2D eigenvalue weighted by atomic mass is 15.3. The number of nitriles is 1. The maximum absolute atomic E-state index is 8.71. The minimum atomic E-state index is 0.679. The molecule has 1 aromatic heterocycles. The molecule has 0 fully saturated rings. The first-order valence-corrected chi connectivity index (χ1v) is 4.32. The molecule has 0 aliphatic carbocycles. The molecule has 0 unspecified atom stereocenters. The molecule has 0 spiro atoms. The molecular weight excluding hydrogens is 174 g/mol. The van der Waals surface area contributed by atoms with Crippen molar-refractivity contribution in [2.75, 3.05) is 0 Å². The number of benzene rings is 1. The van der Waals surface area contributed by atoms with Crippen LogP contribution in [-0.2, 0) is 0 Å². The van der Waals surface area contributed by atoms with E-state index in [-0.39, 0.29) is 0 Å². The van der Waals surface area contributed by atoms with Crippen LogP contribution in [0.3, 0.4) is 0 Å². The van der Waals surface area contributed by atoms with E-state index in [2.05, 4.69) is 11.2 Å². The lowest BCUT2D eigenvalue weighted by atomic mass is 10.1. The summed E-state index contributed by atoms with van der Waals surface area (Å²) in [7, 11) is 0. The third-order valence-electron chi connectivity index (χ3n) is 2.08. The fourth-order valence-electron chi connectivity index (χ4n) is 1.39. The Bertz CT molecular complexity index is 478. The SMILES string of the molecule is Cc1cc(C#N)ccc1-n1cccn1. The molecule has 2 aromatic rings. The van der Waals surface area contributed by atoms with Crippen LogP contribution in [0.2, 0.25) is 0 Å². The zero-order chi connectivity index (χ0) is 9.97. The van der Waals surface area contributed by atoms with Gasteiger partial charge in [-0.2, -0.15) is 10.4 Å². The Morgan fingerprint density at radius 2 is 2.29 bits per heavy atom. The average molecular weight is 183 g/mol. The van der Waals surface area contributed by atoms with Crippen LogP contribution in [-0.4, -0.2) is 9.78 Å². The highest BCUT2D eigenvalue weighted by Gasteiger charge is 2.01. The molecule has 0 aliphatic rings. The van der Waals surface area contributed by atoms with Crippen molar-refractivity contribution in [1.82, 2.24) is 9.78 Å². The van der Waals surface area contributed by atoms with Crippen LogP contribution in [0, 0.1) is 18.3 Å². The van der Waals surface area contributed by atoms with Crippen LogP contribution in [0.15, 0.2) is 36.7 Å². The topological polar surface area (TPSA) is 41.6 Å². The summed E-state index contributed by atoms with van der Waals surface area (Å²) in [5.41, 5.74) is 2.74. The quantitative estimate of drug-likeness (QED) is 0.679. The monoisotopic (exact) mass is 183 g/mol. The van der Waals surface area contributed by atoms with E-state index >= 15 is 0 Å². The van der Waals surface area contributed by atoms with E-state index in [1.807, 2.05) is 31.3 Å². The summed E-state index contributed by atoms with van der Waals surface area (Å²) in [6, 6.07) is 9.54. The number of hydrogen-bond acceptors (Lipinski definition) is 2. The van der Waals surface area contributed by atoms with E-state index in [1.165, 1.54) is 0 Å². The van der Waals surface area contributed by atoms with Crippen molar-refractivity contribution in [3.05, 3.63) is 47.8 Å². The number of hydrogen-bond donors (Lipinski definition) is 0. The van der Waals surface area contributed by atoms with Crippen molar-refractivity contribution < 1.29 is 0 Å². The zero-order valence-electron chi connectivity index (χ0n) is 7.81. The molecule has 3 heteroatoms. The fourth-order valence-corrected chi connectivity index (χ4v) is 1.39. The smallest absolute Gasteiger partial charge is 0.0991 e. The van der Waals surface area contributed by atoms with Gasteiger partial charge in [0.15, 0.2) is 0 Å². The Morgan fingerprint density at radius 1 is 1.43 bits per heavy atom. The zero-order valence-corrected chi connectivity index (χ0v) is 7.81. The molecule has 0 radical (unpaired) electrons. The second kappa shape index (κ2) is 3.35. The summed E-state index contributed by atoms with van der Waals surface area (Å²) in [5.74, 6) is 0. The van der Waals surface area contributed by atoms with Crippen LogP contribution in [0.1, 0.15) is 11.1 Å². The van der Waals surface area contributed by atoms with Crippen LogP contribution in [0.25, 0.3) is 5.69 Å². The van der Waals surface area contributed by atoms with E-state index in [1.54, 1.807) is 16.9 Å². The van der Waals surface area contributed by atoms with E-state index in [0.29, 0.717) is 5.56 Å². The van der Waals surface area contributed by atoms with Gasteiger partial charge in [0.1, 0.15) is 0 Å². The lowest BCUT2D eigenvalue weighted by Crippen LogP contribution is -1.97. The normalized spacial score (nSPS) is 9.71. The van der Waals surface area contributed by atoms with Crippen molar-refractivity contribution in [2.24, 2.45) is 0 Å². The molecule has 0 saturated heterocycles. The van der Waals surface area contributed by atoms with Gasteiger partial charge in [-0.3, -0.25) is 0 Å². The van der Waals surface area contributed by atoms with E-state index in [9.17, 15) is 0 Å². The van der Waals surface area contributed by atoms with Crippen molar-refractivity contribution in [2.45, 2.75) is 6.92 Å². The molecule has 0 bridgehead atoms. The number of aromatic nitrogens is 2. The first kappa shape index (κ1) is 8.52. The first-order valence-electron chi connectivity index (χ1n) is 4.32. The highest BCUT2D eigenvalue weighted by Crippen LogP contribution is 2.14. The molecule has 1 aromatic carbocycles. The van der Waals surface area contributed by atoms with E-state index in [4.69, 9.17) is 5.26 Å². The number of rotatable bonds is 1. The van der Waals surface area contributed by atoms with E-state index in [0.717, 1.165) is 11.3 Å². The summed E-state index contributed by atoms with van der Waals surface area (Å²) in [4.78, 5) is 0. The fraction of sp³-hybridized carbons (Fsp3) is 0.0909. The molecule has 2 rings (SSSR count). The van der Waals surface area contributed by atoms with Crippen LogP contribution >= 0.6 is 0 Å². The molecule has 68 valence electrons. The predicted octanol–water partition coefficient (Wildman–Crippen LogP) is 2.05. The van der Waals surface area contributed by atoms with Gasteiger partial charge >= 0.3 is 0 Å². The van der Waals surface area contributed by atoms with Gasteiger partial charge in [0.2, 0.25) is 0 Å². The summed E-state index contributed by atoms with van der Waals surface area (Å²) in [6.07, 6.45) is 3.62. The minimum absolute atomic E-state index is 0.679. The average Bonchev–Trinajstić information content (AvgIpc) is 2.70. The highest BCUT2D eigenvalue weighted by molar-refractivity contribution is 5.45. The van der Waals surface area contributed by atoms with Gasteiger partial charge in [-0.1, -0.05) is 0 Å². The largest absolute Gasteiger partial charge is 0.241 e. The third-order valence-corrected chi connectivity index (χ3v) is 2.08. The molecular formula is C11H9N3. The number of nitrogens with zero attached hydrogens (tertiary/aromatic N) is 3. The van der Waals surface area contributed by atoms with Gasteiger partial charge in [-0.25, -0.2) is 4.68 Å². The van der Waals surface area contributed by atoms with Gasteiger partial charge in [0, 0.05) is 12.4 Å². The standard InChI is InChI=1S/C11H9N3/c1-9-7-10(8-12)3-4-11(9)14-6-2-5-13-14/h2-7H,1H3. The third kappa shape index (κ3) is 1.38. The lowest BCUT2D eigenvalue weighted by molar-refractivity contribution is 0.872. The predicted molar refractivity (Wildman–Crippen MR) is 53.0 cm³/mol. The van der Waals surface area contributed by atoms with Crippen molar-refractivity contribution in [1.29, 1.82) is 5.26 Å². The van der Waals surface area contributed by atoms with Gasteiger partial charge in [0.05, 0.1) is 17.3 Å². The Hall–Kier alpha value is -2.08. The van der Waals surface area contributed by atoms with Gasteiger partial charge in [0.25, 0.3) is 0 Å². The van der Waals surface area contributed by atoms with Crippen molar-refractivity contribution in [3.8, 4) is 11.8 Å². The first-order chi connectivity index (χ1) is 6.81. The molecule has 1 heterocycles. The molecule has 0 N–H and O–H groups in total. The van der Waals surface area contributed by atoms with Gasteiger partial charge in [-0.05, 0) is 36.8 Å². The van der Waals surface area contributed by atoms with Crippen LogP contribution in [0.4, 0.5) is 0 Å².